The number of ether oxygens (including phenoxy) is 2. The summed E-state index contributed by atoms with van der Waals surface area (Å²) in [6, 6.07) is 8.03. The molecular formula is C19H24N2O3S. The van der Waals surface area contributed by atoms with Crippen molar-refractivity contribution in [1.29, 1.82) is 0 Å². The summed E-state index contributed by atoms with van der Waals surface area (Å²) >= 11 is 1.49. The third kappa shape index (κ3) is 5.19. The number of likely N-dealkylation sites (tertiary alicyclic amines) is 1. The van der Waals surface area contributed by atoms with E-state index in [0.717, 1.165) is 43.7 Å². The Kier molecular flexibility index (Phi) is 6.28. The van der Waals surface area contributed by atoms with Gasteiger partial charge < -0.3 is 14.4 Å². The lowest BCUT2D eigenvalue weighted by atomic mass is 10.1. The van der Waals surface area contributed by atoms with Crippen LogP contribution in [0.15, 0.2) is 35.8 Å². The molecule has 1 amide bonds. The highest BCUT2D eigenvalue weighted by Gasteiger charge is 2.27. The largest absolute Gasteiger partial charge is 0.494 e. The van der Waals surface area contributed by atoms with Crippen molar-refractivity contribution < 1.29 is 14.3 Å². The molecule has 2 heterocycles. The number of hydrogen-bond donors (Lipinski definition) is 0. The lowest BCUT2D eigenvalue weighted by molar-refractivity contribution is -0.130. The molecule has 1 saturated heterocycles. The lowest BCUT2D eigenvalue weighted by Crippen LogP contribution is -2.31. The van der Waals surface area contributed by atoms with Crippen molar-refractivity contribution in [2.75, 3.05) is 19.7 Å². The molecule has 25 heavy (non-hydrogen) atoms. The second kappa shape index (κ2) is 8.85. The van der Waals surface area contributed by atoms with Crippen LogP contribution in [0.3, 0.4) is 0 Å². The monoisotopic (exact) mass is 360 g/mol. The van der Waals surface area contributed by atoms with E-state index in [9.17, 15) is 4.79 Å². The van der Waals surface area contributed by atoms with Crippen molar-refractivity contribution >= 4 is 17.2 Å². The number of hydrogen-bond acceptors (Lipinski definition) is 5. The maximum Gasteiger partial charge on any atom is 0.273 e. The molecule has 0 bridgehead atoms. The van der Waals surface area contributed by atoms with Gasteiger partial charge in [-0.05, 0) is 30.5 Å². The van der Waals surface area contributed by atoms with Crippen LogP contribution in [0.2, 0.25) is 0 Å². The summed E-state index contributed by atoms with van der Waals surface area (Å²) in [7, 11) is 0. The van der Waals surface area contributed by atoms with Crippen LogP contribution in [-0.4, -0.2) is 41.6 Å². The zero-order valence-corrected chi connectivity index (χ0v) is 15.3. The molecule has 0 radical (unpaired) electrons. The molecule has 5 nitrogen and oxygen atoms in total. The summed E-state index contributed by atoms with van der Waals surface area (Å²) in [5.74, 6) is 1.08. The van der Waals surface area contributed by atoms with Crippen molar-refractivity contribution in [3.8, 4) is 10.9 Å². The standard InChI is InChI=1S/C19H24N2O3S/c1-2-12-23-16-6-3-15(4-7-16)5-8-18(22)21-11-9-17(14-21)24-19-20-10-13-25-19/h3-4,6-7,10,13,17H,2,5,8-9,11-12,14H2,1H3. The van der Waals surface area contributed by atoms with Crippen molar-refractivity contribution in [2.24, 2.45) is 0 Å². The minimum atomic E-state index is 0.0603. The quantitative estimate of drug-likeness (QED) is 0.722. The second-order valence-corrected chi connectivity index (χ2v) is 7.02. The number of benzene rings is 1. The third-order valence-electron chi connectivity index (χ3n) is 4.20. The van der Waals surface area contributed by atoms with Gasteiger partial charge in [-0.3, -0.25) is 4.79 Å². The molecule has 6 heteroatoms. The molecule has 1 unspecified atom stereocenters. The predicted molar refractivity (Wildman–Crippen MR) is 98.3 cm³/mol. The molecule has 1 aliphatic rings. The van der Waals surface area contributed by atoms with Crippen LogP contribution in [0.25, 0.3) is 0 Å². The average Bonchev–Trinajstić information content (AvgIpc) is 3.31. The topological polar surface area (TPSA) is 51.7 Å². The number of amides is 1. The number of thiazole rings is 1. The number of rotatable bonds is 8. The number of carbonyl (C=O) groups excluding carboxylic acids is 1. The fraction of sp³-hybridized carbons (Fsp3) is 0.474. The first kappa shape index (κ1) is 17.7. The molecule has 1 aromatic carbocycles. The van der Waals surface area contributed by atoms with Crippen LogP contribution in [0.1, 0.15) is 31.7 Å². The Bertz CT molecular complexity index is 658. The van der Waals surface area contributed by atoms with E-state index in [1.807, 2.05) is 34.5 Å². The zero-order valence-electron chi connectivity index (χ0n) is 14.5. The van der Waals surface area contributed by atoms with Gasteiger partial charge in [-0.25, -0.2) is 4.98 Å². The number of aryl methyl sites for hydroxylation is 1. The van der Waals surface area contributed by atoms with Crippen LogP contribution in [-0.2, 0) is 11.2 Å². The van der Waals surface area contributed by atoms with E-state index in [0.29, 0.717) is 18.2 Å². The van der Waals surface area contributed by atoms with Crippen LogP contribution < -0.4 is 9.47 Å². The van der Waals surface area contributed by atoms with Gasteiger partial charge in [-0.2, -0.15) is 0 Å². The van der Waals surface area contributed by atoms with Crippen molar-refractivity contribution in [3.63, 3.8) is 0 Å². The summed E-state index contributed by atoms with van der Waals surface area (Å²) in [5.41, 5.74) is 1.16. The van der Waals surface area contributed by atoms with Gasteiger partial charge in [-0.15, -0.1) is 0 Å². The first-order valence-electron chi connectivity index (χ1n) is 8.80. The van der Waals surface area contributed by atoms with Gasteiger partial charge in [0, 0.05) is 31.0 Å². The van der Waals surface area contributed by atoms with Crippen molar-refractivity contribution in [2.45, 2.75) is 38.7 Å². The van der Waals surface area contributed by atoms with E-state index in [1.165, 1.54) is 11.3 Å². The molecule has 0 N–H and O–H groups in total. The van der Waals surface area contributed by atoms with E-state index in [4.69, 9.17) is 9.47 Å². The van der Waals surface area contributed by atoms with Crippen molar-refractivity contribution in [3.05, 3.63) is 41.4 Å². The Labute approximate surface area is 152 Å². The summed E-state index contributed by atoms with van der Waals surface area (Å²) in [5, 5.41) is 2.58. The molecule has 1 aliphatic heterocycles. The zero-order chi connectivity index (χ0) is 17.5. The van der Waals surface area contributed by atoms with Gasteiger partial charge in [0.05, 0.1) is 13.2 Å². The molecule has 2 aromatic rings. The van der Waals surface area contributed by atoms with Gasteiger partial charge in [-0.1, -0.05) is 30.4 Å². The first-order valence-corrected chi connectivity index (χ1v) is 9.68. The van der Waals surface area contributed by atoms with Gasteiger partial charge >= 0.3 is 0 Å². The van der Waals surface area contributed by atoms with Crippen LogP contribution in [0.5, 0.6) is 10.9 Å². The highest BCUT2D eigenvalue weighted by Crippen LogP contribution is 2.21. The lowest BCUT2D eigenvalue weighted by Gasteiger charge is -2.16. The summed E-state index contributed by atoms with van der Waals surface area (Å²) in [6.07, 6.45) is 4.94. The van der Waals surface area contributed by atoms with E-state index in [-0.39, 0.29) is 12.0 Å². The maximum absolute atomic E-state index is 12.4. The maximum atomic E-state index is 12.4. The molecule has 1 aromatic heterocycles. The van der Waals surface area contributed by atoms with Crippen LogP contribution in [0.4, 0.5) is 0 Å². The van der Waals surface area contributed by atoms with Gasteiger partial charge in [0.2, 0.25) is 5.91 Å². The highest BCUT2D eigenvalue weighted by molar-refractivity contribution is 7.11. The second-order valence-electron chi connectivity index (χ2n) is 6.16. The Morgan fingerprint density at radius 1 is 1.36 bits per heavy atom. The SMILES string of the molecule is CCCOc1ccc(CCC(=O)N2CCC(Oc3nccs3)C2)cc1. The summed E-state index contributed by atoms with van der Waals surface area (Å²) < 4.78 is 11.4. The Morgan fingerprint density at radius 2 is 2.20 bits per heavy atom. The molecule has 0 aliphatic carbocycles. The van der Waals surface area contributed by atoms with Gasteiger partial charge in [0.25, 0.3) is 5.19 Å². The van der Waals surface area contributed by atoms with Crippen molar-refractivity contribution in [1.82, 2.24) is 9.88 Å². The normalized spacial score (nSPS) is 16.8. The fourth-order valence-electron chi connectivity index (χ4n) is 2.84. The van der Waals surface area contributed by atoms with Crippen LogP contribution >= 0.6 is 11.3 Å². The van der Waals surface area contributed by atoms with Gasteiger partial charge in [0.15, 0.2) is 0 Å². The molecule has 3 rings (SSSR count). The molecule has 0 spiro atoms. The van der Waals surface area contributed by atoms with Crippen LogP contribution in [0, 0.1) is 0 Å². The van der Waals surface area contributed by atoms with E-state index in [2.05, 4.69) is 11.9 Å². The Morgan fingerprint density at radius 3 is 2.92 bits per heavy atom. The number of nitrogens with zero attached hydrogens (tertiary/aromatic N) is 2. The fourth-order valence-corrected chi connectivity index (χ4v) is 3.40. The Balaban J connectivity index is 1.42. The number of carbonyl (C=O) groups is 1. The smallest absolute Gasteiger partial charge is 0.273 e. The van der Waals surface area contributed by atoms with Gasteiger partial charge in [0.1, 0.15) is 11.9 Å². The molecular weight excluding hydrogens is 336 g/mol. The predicted octanol–water partition coefficient (Wildman–Crippen LogP) is 3.54. The summed E-state index contributed by atoms with van der Waals surface area (Å²) in [6.45, 7) is 4.24. The Hall–Kier alpha value is -2.08. The molecule has 0 saturated carbocycles. The minimum Gasteiger partial charge on any atom is -0.494 e. The van der Waals surface area contributed by atoms with E-state index >= 15 is 0 Å². The number of aromatic nitrogens is 1. The third-order valence-corrected chi connectivity index (χ3v) is 4.86. The average molecular weight is 360 g/mol. The van der Waals surface area contributed by atoms with E-state index in [1.54, 1.807) is 6.20 Å². The molecule has 1 fully saturated rings. The molecule has 1 atom stereocenters. The molecule has 134 valence electrons. The minimum absolute atomic E-state index is 0.0603. The summed E-state index contributed by atoms with van der Waals surface area (Å²) in [4.78, 5) is 18.4. The van der Waals surface area contributed by atoms with E-state index < -0.39 is 0 Å². The highest BCUT2D eigenvalue weighted by atomic mass is 32.1. The first-order chi connectivity index (χ1) is 12.2.